The quantitative estimate of drug-likeness (QED) is 0.653. The molecule has 0 aliphatic heterocycles. The number of halogens is 1. The Morgan fingerprint density at radius 1 is 1.00 bits per heavy atom. The molecule has 0 unspecified atom stereocenters. The Balaban J connectivity index is 2.00. The zero-order valence-corrected chi connectivity index (χ0v) is 13.1. The molecule has 0 atom stereocenters. The molecular formula is C17H14BrNO2. The Kier molecular flexibility index (Phi) is 4.06. The van der Waals surface area contributed by atoms with Crippen LogP contribution in [0.2, 0.25) is 0 Å². The lowest BCUT2D eigenvalue weighted by molar-refractivity contribution is 0.316. The maximum atomic E-state index is 5.92. The number of aromatic nitrogens is 1. The van der Waals surface area contributed by atoms with Crippen molar-refractivity contribution in [2.75, 3.05) is 6.61 Å². The van der Waals surface area contributed by atoms with Crippen molar-refractivity contribution < 1.29 is 9.47 Å². The lowest BCUT2D eigenvalue weighted by Crippen LogP contribution is -1.97. The number of ether oxygens (including phenoxy) is 2. The lowest BCUT2D eigenvalue weighted by Gasteiger charge is -2.12. The summed E-state index contributed by atoms with van der Waals surface area (Å²) in [6.07, 6.45) is 1.69. The van der Waals surface area contributed by atoms with Gasteiger partial charge in [0.15, 0.2) is 5.75 Å². The largest absolute Gasteiger partial charge is 0.488 e. The Bertz CT molecular complexity index is 774. The number of hydrogen-bond acceptors (Lipinski definition) is 3. The summed E-state index contributed by atoms with van der Waals surface area (Å²) in [5, 5.41) is 2.26. The van der Waals surface area contributed by atoms with Crippen LogP contribution in [0.15, 0.2) is 59.2 Å². The van der Waals surface area contributed by atoms with E-state index in [1.165, 1.54) is 0 Å². The van der Waals surface area contributed by atoms with Crippen molar-refractivity contribution in [2.45, 2.75) is 6.92 Å². The molecule has 106 valence electrons. The Hall–Kier alpha value is -2.07. The van der Waals surface area contributed by atoms with E-state index < -0.39 is 0 Å². The first kappa shape index (κ1) is 13.9. The van der Waals surface area contributed by atoms with Crippen LogP contribution in [0.5, 0.6) is 17.4 Å². The average molecular weight is 344 g/mol. The van der Waals surface area contributed by atoms with Crippen LogP contribution in [0.1, 0.15) is 6.92 Å². The van der Waals surface area contributed by atoms with Gasteiger partial charge in [-0.2, -0.15) is 0 Å². The summed E-state index contributed by atoms with van der Waals surface area (Å²) in [6.45, 7) is 2.50. The van der Waals surface area contributed by atoms with Crippen LogP contribution in [-0.4, -0.2) is 11.6 Å². The van der Waals surface area contributed by atoms with Gasteiger partial charge in [0.05, 0.1) is 11.1 Å². The molecular weight excluding hydrogens is 330 g/mol. The van der Waals surface area contributed by atoms with Crippen LogP contribution in [-0.2, 0) is 0 Å². The maximum Gasteiger partial charge on any atom is 0.262 e. The van der Waals surface area contributed by atoms with E-state index in [1.807, 2.05) is 49.4 Å². The van der Waals surface area contributed by atoms with Crippen LogP contribution in [0.3, 0.4) is 0 Å². The molecule has 0 N–H and O–H groups in total. The third-order valence-corrected chi connectivity index (χ3v) is 3.89. The van der Waals surface area contributed by atoms with Gasteiger partial charge in [-0.1, -0.05) is 30.3 Å². The van der Waals surface area contributed by atoms with Gasteiger partial charge in [0.2, 0.25) is 0 Å². The third kappa shape index (κ3) is 2.85. The number of hydrogen-bond donors (Lipinski definition) is 0. The van der Waals surface area contributed by atoms with Crippen molar-refractivity contribution in [2.24, 2.45) is 0 Å². The lowest BCUT2D eigenvalue weighted by atomic mass is 10.1. The molecule has 0 aliphatic rings. The topological polar surface area (TPSA) is 31.4 Å². The molecule has 1 aromatic heterocycles. The van der Waals surface area contributed by atoms with Gasteiger partial charge < -0.3 is 9.47 Å². The zero-order chi connectivity index (χ0) is 14.7. The van der Waals surface area contributed by atoms with Gasteiger partial charge in [-0.15, -0.1) is 0 Å². The van der Waals surface area contributed by atoms with Crippen LogP contribution < -0.4 is 9.47 Å². The van der Waals surface area contributed by atoms with Gasteiger partial charge >= 0.3 is 0 Å². The van der Waals surface area contributed by atoms with Crippen molar-refractivity contribution in [3.63, 3.8) is 0 Å². The summed E-state index contributed by atoms with van der Waals surface area (Å²) < 4.78 is 12.4. The summed E-state index contributed by atoms with van der Waals surface area (Å²) in [6, 6.07) is 15.8. The molecule has 0 fully saturated rings. The van der Waals surface area contributed by atoms with E-state index in [1.54, 1.807) is 6.20 Å². The summed E-state index contributed by atoms with van der Waals surface area (Å²) in [7, 11) is 0. The molecule has 0 saturated carbocycles. The summed E-state index contributed by atoms with van der Waals surface area (Å²) >= 11 is 3.61. The molecule has 2 aromatic carbocycles. The second-order valence-corrected chi connectivity index (χ2v) is 5.23. The van der Waals surface area contributed by atoms with E-state index in [9.17, 15) is 0 Å². The first-order valence-corrected chi connectivity index (χ1v) is 7.52. The fraction of sp³-hybridized carbons (Fsp3) is 0.118. The zero-order valence-electron chi connectivity index (χ0n) is 11.5. The van der Waals surface area contributed by atoms with E-state index in [4.69, 9.17) is 9.47 Å². The number of rotatable bonds is 4. The normalized spacial score (nSPS) is 10.6. The van der Waals surface area contributed by atoms with Crippen molar-refractivity contribution >= 4 is 26.7 Å². The van der Waals surface area contributed by atoms with Crippen LogP contribution >= 0.6 is 15.9 Å². The molecule has 1 heterocycles. The molecule has 3 aromatic rings. The smallest absolute Gasteiger partial charge is 0.262 e. The standard InChI is InChI=1S/C17H14BrNO2/c1-2-20-15-8-5-11-19-17(15)21-14-10-9-12-6-3-4-7-13(12)16(14)18/h3-11H,2H2,1H3. The van der Waals surface area contributed by atoms with Gasteiger partial charge in [0.1, 0.15) is 5.75 Å². The molecule has 3 nitrogen and oxygen atoms in total. The van der Waals surface area contributed by atoms with Crippen LogP contribution in [0, 0.1) is 0 Å². The highest BCUT2D eigenvalue weighted by molar-refractivity contribution is 9.10. The fourth-order valence-corrected chi connectivity index (χ4v) is 2.69. The number of pyridine rings is 1. The van der Waals surface area contributed by atoms with Crippen LogP contribution in [0.4, 0.5) is 0 Å². The predicted molar refractivity (Wildman–Crippen MR) is 87.1 cm³/mol. The van der Waals surface area contributed by atoms with E-state index in [0.717, 1.165) is 15.2 Å². The molecule has 0 bridgehead atoms. The first-order chi connectivity index (χ1) is 10.3. The Morgan fingerprint density at radius 2 is 1.86 bits per heavy atom. The minimum atomic E-state index is 0.468. The van der Waals surface area contributed by atoms with E-state index >= 15 is 0 Å². The third-order valence-electron chi connectivity index (χ3n) is 3.07. The molecule has 0 saturated heterocycles. The Morgan fingerprint density at radius 3 is 2.71 bits per heavy atom. The molecule has 0 amide bonds. The highest BCUT2D eigenvalue weighted by Gasteiger charge is 2.11. The number of benzene rings is 2. The maximum absolute atomic E-state index is 5.92. The minimum Gasteiger partial charge on any atom is -0.488 e. The first-order valence-electron chi connectivity index (χ1n) is 6.72. The number of nitrogens with zero attached hydrogens (tertiary/aromatic N) is 1. The molecule has 0 spiro atoms. The van der Waals surface area contributed by atoms with Crippen molar-refractivity contribution in [1.29, 1.82) is 0 Å². The fourth-order valence-electron chi connectivity index (χ4n) is 2.11. The molecule has 3 rings (SSSR count). The molecule has 0 aliphatic carbocycles. The number of fused-ring (bicyclic) bond motifs is 1. The van der Waals surface area contributed by atoms with Gasteiger partial charge in [-0.3, -0.25) is 0 Å². The van der Waals surface area contributed by atoms with Crippen molar-refractivity contribution in [3.8, 4) is 17.4 Å². The van der Waals surface area contributed by atoms with Crippen molar-refractivity contribution in [1.82, 2.24) is 4.98 Å². The highest BCUT2D eigenvalue weighted by Crippen LogP contribution is 2.37. The van der Waals surface area contributed by atoms with Gasteiger partial charge in [0.25, 0.3) is 5.88 Å². The summed E-state index contributed by atoms with van der Waals surface area (Å²) in [4.78, 5) is 4.25. The average Bonchev–Trinajstić information content (AvgIpc) is 2.52. The van der Waals surface area contributed by atoms with Crippen LogP contribution in [0.25, 0.3) is 10.8 Å². The van der Waals surface area contributed by atoms with Gasteiger partial charge in [-0.25, -0.2) is 4.98 Å². The van der Waals surface area contributed by atoms with E-state index in [2.05, 4.69) is 27.0 Å². The van der Waals surface area contributed by atoms with E-state index in [-0.39, 0.29) is 0 Å². The van der Waals surface area contributed by atoms with Gasteiger partial charge in [0, 0.05) is 6.20 Å². The Labute approximate surface area is 131 Å². The molecule has 4 heteroatoms. The summed E-state index contributed by atoms with van der Waals surface area (Å²) in [5.74, 6) is 1.82. The second-order valence-electron chi connectivity index (χ2n) is 4.44. The summed E-state index contributed by atoms with van der Waals surface area (Å²) in [5.41, 5.74) is 0. The highest BCUT2D eigenvalue weighted by atomic mass is 79.9. The monoisotopic (exact) mass is 343 g/mol. The molecule has 0 radical (unpaired) electrons. The SMILES string of the molecule is CCOc1cccnc1Oc1ccc2ccccc2c1Br. The minimum absolute atomic E-state index is 0.468. The second kappa shape index (κ2) is 6.14. The molecule has 21 heavy (non-hydrogen) atoms. The predicted octanol–water partition coefficient (Wildman–Crippen LogP) is 5.19. The van der Waals surface area contributed by atoms with E-state index in [0.29, 0.717) is 24.0 Å². The van der Waals surface area contributed by atoms with Crippen molar-refractivity contribution in [3.05, 3.63) is 59.2 Å². The van der Waals surface area contributed by atoms with Gasteiger partial charge in [-0.05, 0) is 51.8 Å².